The molecule has 0 N–H and O–H groups in total. The molecule has 3 heteroatoms. The molecule has 0 saturated heterocycles. The van der Waals surface area contributed by atoms with Crippen LogP contribution in [0.5, 0.6) is 0 Å². The maximum atomic E-state index is 2.48. The smallest absolute Gasteiger partial charge is 1.00 e. The van der Waals surface area contributed by atoms with Gasteiger partial charge >= 0.3 is 136 Å². The van der Waals surface area contributed by atoms with Gasteiger partial charge in [-0.1, -0.05) is 0 Å². The van der Waals surface area contributed by atoms with E-state index in [2.05, 4.69) is 67.6 Å². The van der Waals surface area contributed by atoms with Crippen molar-refractivity contribution in [2.75, 3.05) is 0 Å². The van der Waals surface area contributed by atoms with Crippen LogP contribution in [0.3, 0.4) is 0 Å². The molecule has 0 radical (unpaired) electrons. The van der Waals surface area contributed by atoms with Crippen LogP contribution in [0.15, 0.2) is 70.1 Å². The molecule has 0 spiro atoms. The van der Waals surface area contributed by atoms with Crippen LogP contribution in [0.25, 0.3) is 11.1 Å². The molecule has 2 aliphatic rings. The van der Waals surface area contributed by atoms with Crippen LogP contribution in [0.1, 0.15) is 35.1 Å². The van der Waals surface area contributed by atoms with Crippen LogP contribution in [0, 0.1) is 0 Å². The van der Waals surface area contributed by atoms with Crippen molar-refractivity contribution < 1.29 is 44.0 Å². The van der Waals surface area contributed by atoms with Crippen molar-refractivity contribution in [3.05, 3.63) is 81.3 Å². The van der Waals surface area contributed by atoms with Gasteiger partial charge in [0.1, 0.15) is 0 Å². The first-order valence-electron chi connectivity index (χ1n) is 7.71. The Kier molecular flexibility index (Phi) is 6.34. The van der Waals surface area contributed by atoms with Crippen molar-refractivity contribution >= 4 is 0 Å². The van der Waals surface area contributed by atoms with E-state index < -0.39 is 0 Å². The predicted molar refractivity (Wildman–Crippen MR) is 84.8 cm³/mol. The fourth-order valence-electron chi connectivity index (χ4n) is 3.43. The summed E-state index contributed by atoms with van der Waals surface area (Å²) < 4.78 is 2.37. The molecule has 0 bridgehead atoms. The molecule has 0 atom stereocenters. The standard InChI is InChI=1S/C13H9.C7H9.2ClH.Ti/c1-3-7-12-10(5-1)9-11-6-2-4-8-13(11)12;1-2-7-5-3-4-6-7;;;/h1-9H;5-6H,2-3H2,1H3;2*1H;/q;;;;+2/p-2. The molecule has 0 fully saturated rings. The number of hydrogen-bond donors (Lipinski definition) is 0. The maximum Gasteiger partial charge on any atom is -1.00 e. The fraction of sp³-hybridized carbons (Fsp3) is 0.200. The number of halogens is 2. The van der Waals surface area contributed by atoms with Crippen LogP contribution in [-0.4, -0.2) is 0 Å². The largest absolute Gasteiger partial charge is 1.00 e. The summed E-state index contributed by atoms with van der Waals surface area (Å²) in [5.74, 6) is 0. The maximum absolute atomic E-state index is 2.48. The fourth-order valence-corrected chi connectivity index (χ4v) is 6.04. The molecule has 0 aliphatic heterocycles. The van der Waals surface area contributed by atoms with E-state index in [1.807, 2.05) is 0 Å². The summed E-state index contributed by atoms with van der Waals surface area (Å²) in [6.45, 7) is 2.26. The Labute approximate surface area is 159 Å². The number of rotatable bonds is 3. The second-order valence-electron chi connectivity index (χ2n) is 5.76. The van der Waals surface area contributed by atoms with Gasteiger partial charge in [0, 0.05) is 0 Å². The van der Waals surface area contributed by atoms with Crippen LogP contribution >= 0.6 is 0 Å². The predicted octanol–water partition coefficient (Wildman–Crippen LogP) is -0.529. The van der Waals surface area contributed by atoms with Crippen LogP contribution < -0.4 is 24.8 Å². The summed E-state index contributed by atoms with van der Waals surface area (Å²) in [5.41, 5.74) is 7.58. The molecule has 0 heterocycles. The molecule has 0 saturated carbocycles. The first-order valence-corrected chi connectivity index (χ1v) is 9.39. The number of allylic oxidation sites excluding steroid dienone is 4. The molecule has 0 aromatic heterocycles. The molecule has 23 heavy (non-hydrogen) atoms. The van der Waals surface area contributed by atoms with E-state index in [4.69, 9.17) is 0 Å². The SMILES string of the molecule is CCC1=CC[C]([Ti+2][CH]2c3ccccc3-c3ccccc32)=C1.[Cl-].[Cl-]. The molecular weight excluding hydrogens is 359 g/mol. The van der Waals surface area contributed by atoms with Crippen molar-refractivity contribution in [1.29, 1.82) is 0 Å². The Bertz CT molecular complexity index is 716. The van der Waals surface area contributed by atoms with Crippen molar-refractivity contribution in [3.63, 3.8) is 0 Å². The number of fused-ring (bicyclic) bond motifs is 3. The minimum absolute atomic E-state index is 0. The summed E-state index contributed by atoms with van der Waals surface area (Å²) in [6, 6.07) is 18.0. The van der Waals surface area contributed by atoms with Gasteiger partial charge in [-0.25, -0.2) is 0 Å². The third-order valence-electron chi connectivity index (χ3n) is 4.52. The Hall–Kier alpha value is -0.786. The first kappa shape index (κ1) is 18.6. The van der Waals surface area contributed by atoms with Gasteiger partial charge in [0.25, 0.3) is 0 Å². The zero-order valence-electron chi connectivity index (χ0n) is 13.0. The average molecular weight is 377 g/mol. The normalized spacial score (nSPS) is 14.7. The molecule has 0 unspecified atom stereocenters. The minimum Gasteiger partial charge on any atom is -1.00 e. The summed E-state index contributed by atoms with van der Waals surface area (Å²) in [4.78, 5) is 0. The van der Waals surface area contributed by atoms with E-state index in [0.29, 0.717) is 4.22 Å². The molecule has 0 nitrogen and oxygen atoms in total. The van der Waals surface area contributed by atoms with Gasteiger partial charge in [0.05, 0.1) is 0 Å². The van der Waals surface area contributed by atoms with E-state index in [9.17, 15) is 0 Å². The molecular formula is C20H18Cl2Ti. The molecule has 116 valence electrons. The van der Waals surface area contributed by atoms with Crippen LogP contribution in [-0.2, 0) is 19.2 Å². The molecule has 4 rings (SSSR count). The van der Waals surface area contributed by atoms with E-state index >= 15 is 0 Å². The third kappa shape index (κ3) is 3.37. The van der Waals surface area contributed by atoms with Gasteiger partial charge in [-0.05, 0) is 0 Å². The number of benzene rings is 2. The van der Waals surface area contributed by atoms with Crippen LogP contribution in [0.4, 0.5) is 0 Å². The van der Waals surface area contributed by atoms with Gasteiger partial charge in [-0.15, -0.1) is 0 Å². The molecule has 2 aromatic carbocycles. The zero-order valence-corrected chi connectivity index (χ0v) is 16.1. The Morgan fingerprint density at radius 1 is 0.913 bits per heavy atom. The van der Waals surface area contributed by atoms with Gasteiger partial charge in [-0.3, -0.25) is 0 Å². The minimum atomic E-state index is -0.141. The topological polar surface area (TPSA) is 0 Å². The van der Waals surface area contributed by atoms with E-state index in [1.165, 1.54) is 29.5 Å². The van der Waals surface area contributed by atoms with Gasteiger partial charge in [-0.2, -0.15) is 0 Å². The summed E-state index contributed by atoms with van der Waals surface area (Å²) in [5, 5.41) is 0. The number of hydrogen-bond acceptors (Lipinski definition) is 0. The third-order valence-corrected chi connectivity index (χ3v) is 7.06. The van der Waals surface area contributed by atoms with Gasteiger partial charge in [0.2, 0.25) is 0 Å². The van der Waals surface area contributed by atoms with E-state index in [0.717, 1.165) is 0 Å². The Morgan fingerprint density at radius 2 is 1.48 bits per heavy atom. The second kappa shape index (κ2) is 7.86. The zero-order chi connectivity index (χ0) is 14.2. The van der Waals surface area contributed by atoms with Crippen molar-refractivity contribution in [1.82, 2.24) is 0 Å². The van der Waals surface area contributed by atoms with E-state index in [1.54, 1.807) is 15.0 Å². The Morgan fingerprint density at radius 3 is 2.00 bits per heavy atom. The van der Waals surface area contributed by atoms with Crippen molar-refractivity contribution in [2.24, 2.45) is 0 Å². The van der Waals surface area contributed by atoms with Gasteiger partial charge < -0.3 is 24.8 Å². The molecule has 2 aliphatic carbocycles. The molecule has 2 aromatic rings. The van der Waals surface area contributed by atoms with Crippen molar-refractivity contribution in [2.45, 2.75) is 24.0 Å². The summed E-state index contributed by atoms with van der Waals surface area (Å²) in [7, 11) is 0. The van der Waals surface area contributed by atoms with Crippen molar-refractivity contribution in [3.8, 4) is 11.1 Å². The Balaban J connectivity index is 0.000000960. The molecule has 0 amide bonds. The van der Waals surface area contributed by atoms with Crippen LogP contribution in [0.2, 0.25) is 0 Å². The quantitative estimate of drug-likeness (QED) is 0.632. The average Bonchev–Trinajstić information content (AvgIpc) is 3.12. The first-order chi connectivity index (χ1) is 10.4. The van der Waals surface area contributed by atoms with Gasteiger partial charge in [0.15, 0.2) is 0 Å². The van der Waals surface area contributed by atoms with E-state index in [-0.39, 0.29) is 44.0 Å². The summed E-state index contributed by atoms with van der Waals surface area (Å²) >= 11 is -0.141. The monoisotopic (exact) mass is 376 g/mol. The second-order valence-corrected chi connectivity index (χ2v) is 8.11. The summed E-state index contributed by atoms with van der Waals surface area (Å²) in [6.07, 6.45) is 7.27.